The van der Waals surface area contributed by atoms with E-state index in [1.54, 1.807) is 0 Å². The summed E-state index contributed by atoms with van der Waals surface area (Å²) in [5.41, 5.74) is 0. The van der Waals surface area contributed by atoms with E-state index in [1.807, 2.05) is 0 Å². The fourth-order valence-corrected chi connectivity index (χ4v) is 1.71. The highest BCUT2D eigenvalue weighted by Gasteiger charge is 2.03. The average molecular weight is 236 g/mol. The Hall–Kier alpha value is -0.130. The monoisotopic (exact) mass is 236 g/mol. The molecule has 0 bridgehead atoms. The Morgan fingerprint density at radius 1 is 1.07 bits per heavy atom. The molecule has 4 nitrogen and oxygen atoms in total. The van der Waals surface area contributed by atoms with E-state index in [2.05, 4.69) is 30.8 Å². The van der Waals surface area contributed by atoms with Gasteiger partial charge >= 0.3 is 0 Å². The van der Waals surface area contributed by atoms with Crippen molar-refractivity contribution < 1.29 is 8.42 Å². The van der Waals surface area contributed by atoms with Crippen LogP contribution in [0.4, 0.5) is 0 Å². The Kier molecular flexibility index (Phi) is 7.13. The van der Waals surface area contributed by atoms with Gasteiger partial charge in [0.1, 0.15) is 0 Å². The number of hydrogen-bond donors (Lipinski definition) is 2. The van der Waals surface area contributed by atoms with Gasteiger partial charge in [-0.2, -0.15) is 0 Å². The third kappa shape index (κ3) is 11.8. The zero-order chi connectivity index (χ0) is 11.9. The second-order valence-corrected chi connectivity index (χ2v) is 6.33. The molecule has 1 unspecified atom stereocenters. The van der Waals surface area contributed by atoms with Crippen LogP contribution >= 0.6 is 0 Å². The zero-order valence-electron chi connectivity index (χ0n) is 10.2. The molecule has 0 rings (SSSR count). The van der Waals surface area contributed by atoms with Crippen molar-refractivity contribution in [3.05, 3.63) is 0 Å². The molecule has 0 aliphatic carbocycles. The summed E-state index contributed by atoms with van der Waals surface area (Å²) in [6.45, 7) is 7.69. The van der Waals surface area contributed by atoms with Crippen LogP contribution in [0.2, 0.25) is 0 Å². The Morgan fingerprint density at radius 2 is 1.67 bits per heavy atom. The van der Waals surface area contributed by atoms with Gasteiger partial charge in [-0.25, -0.2) is 13.1 Å². The van der Waals surface area contributed by atoms with E-state index in [-0.39, 0.29) is 0 Å². The van der Waals surface area contributed by atoms with E-state index in [4.69, 9.17) is 0 Å². The van der Waals surface area contributed by atoms with Crippen molar-refractivity contribution >= 4 is 10.0 Å². The molecule has 15 heavy (non-hydrogen) atoms. The lowest BCUT2D eigenvalue weighted by Gasteiger charge is -2.14. The molecule has 0 heterocycles. The normalized spacial score (nSPS) is 14.5. The lowest BCUT2D eigenvalue weighted by molar-refractivity contribution is 0.452. The van der Waals surface area contributed by atoms with Gasteiger partial charge in [-0.3, -0.25) is 0 Å². The quantitative estimate of drug-likeness (QED) is 0.617. The average Bonchev–Trinajstić information content (AvgIpc) is 2.07. The Balaban J connectivity index is 3.43. The van der Waals surface area contributed by atoms with Crippen LogP contribution in [0.25, 0.3) is 0 Å². The summed E-state index contributed by atoms with van der Waals surface area (Å²) in [6, 6.07) is 0.453. The van der Waals surface area contributed by atoms with Crippen LogP contribution in [0.1, 0.15) is 33.6 Å². The highest BCUT2D eigenvalue weighted by atomic mass is 32.2. The Labute approximate surface area is 93.9 Å². The van der Waals surface area contributed by atoms with Crippen LogP contribution in [0.3, 0.4) is 0 Å². The van der Waals surface area contributed by atoms with Crippen LogP contribution in [0.15, 0.2) is 0 Å². The van der Waals surface area contributed by atoms with Gasteiger partial charge in [0.25, 0.3) is 0 Å². The molecule has 0 saturated carbocycles. The molecule has 0 amide bonds. The summed E-state index contributed by atoms with van der Waals surface area (Å²) in [7, 11) is -3.04. The van der Waals surface area contributed by atoms with Crippen molar-refractivity contribution in [2.45, 2.75) is 39.7 Å². The lowest BCUT2D eigenvalue weighted by Crippen LogP contribution is -2.35. The molecule has 92 valence electrons. The molecule has 0 aromatic rings. The fraction of sp³-hybridized carbons (Fsp3) is 1.00. The van der Waals surface area contributed by atoms with Gasteiger partial charge in [0.15, 0.2) is 0 Å². The highest BCUT2D eigenvalue weighted by Crippen LogP contribution is 2.05. The second-order valence-electron chi connectivity index (χ2n) is 4.49. The van der Waals surface area contributed by atoms with Crippen molar-refractivity contribution in [3.63, 3.8) is 0 Å². The predicted octanol–water partition coefficient (Wildman–Crippen LogP) is 0.950. The predicted molar refractivity (Wildman–Crippen MR) is 64.4 cm³/mol. The number of hydrogen-bond acceptors (Lipinski definition) is 3. The first kappa shape index (κ1) is 14.9. The first-order valence-corrected chi connectivity index (χ1v) is 7.38. The van der Waals surface area contributed by atoms with Gasteiger partial charge < -0.3 is 5.32 Å². The topological polar surface area (TPSA) is 58.2 Å². The first-order valence-electron chi connectivity index (χ1n) is 5.49. The van der Waals surface area contributed by atoms with Crippen molar-refractivity contribution in [2.75, 3.05) is 19.3 Å². The molecule has 1 atom stereocenters. The standard InChI is InChI=1S/C10H24N2O2S/c1-9(2)5-6-10(3)11-7-8-12-15(4,13)14/h9-12H,5-8H2,1-4H3. The van der Waals surface area contributed by atoms with Gasteiger partial charge in [-0.1, -0.05) is 13.8 Å². The van der Waals surface area contributed by atoms with E-state index >= 15 is 0 Å². The first-order chi connectivity index (χ1) is 6.81. The van der Waals surface area contributed by atoms with Crippen LogP contribution in [-0.2, 0) is 10.0 Å². The second kappa shape index (κ2) is 7.19. The van der Waals surface area contributed by atoms with E-state index in [9.17, 15) is 8.42 Å². The van der Waals surface area contributed by atoms with E-state index in [1.165, 1.54) is 12.7 Å². The number of nitrogens with one attached hydrogen (secondary N) is 2. The molecular weight excluding hydrogens is 212 g/mol. The van der Waals surface area contributed by atoms with Crippen molar-refractivity contribution in [1.82, 2.24) is 10.0 Å². The van der Waals surface area contributed by atoms with Gasteiger partial charge in [0, 0.05) is 19.1 Å². The SMILES string of the molecule is CC(C)CCC(C)NCCNS(C)(=O)=O. The molecular formula is C10H24N2O2S. The summed E-state index contributed by atoms with van der Waals surface area (Å²) in [4.78, 5) is 0. The number of sulfonamides is 1. The molecule has 0 aliphatic heterocycles. The maximum absolute atomic E-state index is 10.8. The minimum Gasteiger partial charge on any atom is -0.313 e. The fourth-order valence-electron chi connectivity index (χ4n) is 1.24. The van der Waals surface area contributed by atoms with Gasteiger partial charge in [-0.15, -0.1) is 0 Å². The van der Waals surface area contributed by atoms with E-state index in [0.717, 1.165) is 12.3 Å². The molecule has 0 spiro atoms. The molecule has 0 saturated heterocycles. The van der Waals surface area contributed by atoms with Gasteiger partial charge in [0.2, 0.25) is 10.0 Å². The molecule has 0 radical (unpaired) electrons. The summed E-state index contributed by atoms with van der Waals surface area (Å²) < 4.78 is 24.0. The Morgan fingerprint density at radius 3 is 2.13 bits per heavy atom. The summed E-state index contributed by atoms with van der Waals surface area (Å²) in [6.07, 6.45) is 3.51. The lowest BCUT2D eigenvalue weighted by atomic mass is 10.0. The highest BCUT2D eigenvalue weighted by molar-refractivity contribution is 7.88. The molecule has 0 aromatic heterocycles. The summed E-state index contributed by atoms with van der Waals surface area (Å²) in [5, 5.41) is 3.28. The van der Waals surface area contributed by atoms with Crippen LogP contribution in [0.5, 0.6) is 0 Å². The maximum atomic E-state index is 10.8. The Bertz CT molecular complexity index is 250. The third-order valence-corrected chi connectivity index (χ3v) is 2.89. The van der Waals surface area contributed by atoms with Gasteiger partial charge in [0.05, 0.1) is 6.26 Å². The van der Waals surface area contributed by atoms with Crippen LogP contribution in [-0.4, -0.2) is 33.8 Å². The van der Waals surface area contributed by atoms with Crippen molar-refractivity contribution in [1.29, 1.82) is 0 Å². The van der Waals surface area contributed by atoms with E-state index < -0.39 is 10.0 Å². The van der Waals surface area contributed by atoms with E-state index in [0.29, 0.717) is 19.1 Å². The summed E-state index contributed by atoms with van der Waals surface area (Å²) >= 11 is 0. The molecule has 0 aromatic carbocycles. The van der Waals surface area contributed by atoms with Crippen LogP contribution in [0, 0.1) is 5.92 Å². The summed E-state index contributed by atoms with van der Waals surface area (Å²) in [5.74, 6) is 0.725. The van der Waals surface area contributed by atoms with Crippen LogP contribution < -0.4 is 10.0 Å². The minimum absolute atomic E-state index is 0.453. The largest absolute Gasteiger partial charge is 0.313 e. The van der Waals surface area contributed by atoms with Gasteiger partial charge in [-0.05, 0) is 25.7 Å². The smallest absolute Gasteiger partial charge is 0.208 e. The maximum Gasteiger partial charge on any atom is 0.208 e. The van der Waals surface area contributed by atoms with Crippen molar-refractivity contribution in [3.8, 4) is 0 Å². The molecule has 0 fully saturated rings. The molecule has 5 heteroatoms. The zero-order valence-corrected chi connectivity index (χ0v) is 11.0. The minimum atomic E-state index is -3.04. The molecule has 2 N–H and O–H groups in total. The van der Waals surface area contributed by atoms with Crippen molar-refractivity contribution in [2.24, 2.45) is 5.92 Å². The number of rotatable bonds is 8. The third-order valence-electron chi connectivity index (χ3n) is 2.16. The molecule has 0 aliphatic rings.